The van der Waals surface area contributed by atoms with Crippen LogP contribution in [0, 0.1) is 0 Å². The Balaban J connectivity index is 1.41. The zero-order valence-electron chi connectivity index (χ0n) is 17.1. The fourth-order valence-corrected chi connectivity index (χ4v) is 4.39. The highest BCUT2D eigenvalue weighted by Crippen LogP contribution is 2.23. The summed E-state index contributed by atoms with van der Waals surface area (Å²) in [5.41, 5.74) is 5.19. The summed E-state index contributed by atoms with van der Waals surface area (Å²) in [6.45, 7) is 6.10. The summed E-state index contributed by atoms with van der Waals surface area (Å²) in [5, 5.41) is 0.690. The van der Waals surface area contributed by atoms with Crippen molar-refractivity contribution in [3.8, 4) is 5.75 Å². The van der Waals surface area contributed by atoms with Gasteiger partial charge >= 0.3 is 0 Å². The highest BCUT2D eigenvalue weighted by Gasteiger charge is 2.21. The van der Waals surface area contributed by atoms with Crippen LogP contribution in [0.15, 0.2) is 65.1 Å². The van der Waals surface area contributed by atoms with Crippen molar-refractivity contribution in [2.45, 2.75) is 30.4 Å². The van der Waals surface area contributed by atoms with Gasteiger partial charge in [-0.15, -0.1) is 0 Å². The monoisotopic (exact) mass is 419 g/mol. The summed E-state index contributed by atoms with van der Waals surface area (Å²) in [6.07, 6.45) is 2.62. The SMILES string of the molecule is C=Cc1ccc(CSc2nc3c(c(=O)[nH]2)CN(Cc2ccc(OC)cc2)CC3)cc1. The van der Waals surface area contributed by atoms with Gasteiger partial charge in [0.25, 0.3) is 5.56 Å². The van der Waals surface area contributed by atoms with Gasteiger partial charge in [0.15, 0.2) is 5.16 Å². The van der Waals surface area contributed by atoms with E-state index in [2.05, 4.69) is 40.7 Å². The van der Waals surface area contributed by atoms with Gasteiger partial charge in [0.1, 0.15) is 5.75 Å². The van der Waals surface area contributed by atoms with Gasteiger partial charge in [0.2, 0.25) is 0 Å². The van der Waals surface area contributed by atoms with Crippen LogP contribution in [0.4, 0.5) is 0 Å². The lowest BCUT2D eigenvalue weighted by atomic mass is 10.1. The van der Waals surface area contributed by atoms with E-state index >= 15 is 0 Å². The number of aromatic nitrogens is 2. The van der Waals surface area contributed by atoms with Crippen LogP contribution in [0.25, 0.3) is 6.08 Å². The molecule has 1 N–H and O–H groups in total. The molecule has 0 aliphatic carbocycles. The molecule has 4 rings (SSSR count). The average Bonchev–Trinajstić information content (AvgIpc) is 2.79. The van der Waals surface area contributed by atoms with E-state index in [1.165, 1.54) is 11.1 Å². The summed E-state index contributed by atoms with van der Waals surface area (Å²) < 4.78 is 5.22. The highest BCUT2D eigenvalue weighted by molar-refractivity contribution is 7.98. The molecule has 1 aliphatic rings. The number of hydrogen-bond acceptors (Lipinski definition) is 5. The largest absolute Gasteiger partial charge is 0.497 e. The quantitative estimate of drug-likeness (QED) is 0.458. The molecule has 0 unspecified atom stereocenters. The molecule has 3 aromatic rings. The van der Waals surface area contributed by atoms with Crippen LogP contribution in [0.2, 0.25) is 0 Å². The number of methoxy groups -OCH3 is 1. The van der Waals surface area contributed by atoms with Crippen molar-refractivity contribution < 1.29 is 4.74 Å². The zero-order chi connectivity index (χ0) is 20.9. The van der Waals surface area contributed by atoms with E-state index in [4.69, 9.17) is 9.72 Å². The molecule has 0 amide bonds. The molecular formula is C24H25N3O2S. The molecule has 2 aromatic carbocycles. The summed E-state index contributed by atoms with van der Waals surface area (Å²) in [5.74, 6) is 1.62. The molecule has 1 aromatic heterocycles. The Morgan fingerprint density at radius 1 is 1.17 bits per heavy atom. The van der Waals surface area contributed by atoms with Crippen molar-refractivity contribution >= 4 is 17.8 Å². The van der Waals surface area contributed by atoms with E-state index in [9.17, 15) is 4.79 Å². The number of H-pyrrole nitrogens is 1. The van der Waals surface area contributed by atoms with Crippen LogP contribution in [0.3, 0.4) is 0 Å². The zero-order valence-corrected chi connectivity index (χ0v) is 17.9. The van der Waals surface area contributed by atoms with E-state index in [-0.39, 0.29) is 5.56 Å². The third kappa shape index (κ3) is 4.83. The lowest BCUT2D eigenvalue weighted by molar-refractivity contribution is 0.241. The van der Waals surface area contributed by atoms with Crippen LogP contribution in [-0.4, -0.2) is 28.5 Å². The molecule has 0 atom stereocenters. The Kier molecular flexibility index (Phi) is 6.35. The maximum absolute atomic E-state index is 12.7. The second-order valence-electron chi connectivity index (χ2n) is 7.34. The highest BCUT2D eigenvalue weighted by atomic mass is 32.2. The molecule has 0 radical (unpaired) electrons. The summed E-state index contributed by atoms with van der Waals surface area (Å²) in [7, 11) is 1.67. The number of nitrogens with one attached hydrogen (secondary N) is 1. The fraction of sp³-hybridized carbons (Fsp3) is 0.250. The Labute approximate surface area is 180 Å². The Morgan fingerprint density at radius 3 is 2.60 bits per heavy atom. The number of thioether (sulfide) groups is 1. The third-order valence-corrected chi connectivity index (χ3v) is 6.23. The first kappa shape index (κ1) is 20.4. The third-order valence-electron chi connectivity index (χ3n) is 5.28. The van der Waals surface area contributed by atoms with Crippen molar-refractivity contribution in [2.24, 2.45) is 0 Å². The Bertz CT molecular complexity index is 1080. The number of rotatable bonds is 7. The molecule has 5 nitrogen and oxygen atoms in total. The molecule has 30 heavy (non-hydrogen) atoms. The van der Waals surface area contributed by atoms with Crippen molar-refractivity contribution in [2.75, 3.05) is 13.7 Å². The second kappa shape index (κ2) is 9.32. The van der Waals surface area contributed by atoms with Gasteiger partial charge in [-0.05, 0) is 28.8 Å². The molecule has 0 saturated carbocycles. The van der Waals surface area contributed by atoms with Gasteiger partial charge in [0.05, 0.1) is 18.4 Å². The maximum Gasteiger partial charge on any atom is 0.256 e. The standard InChI is InChI=1S/C24H25N3O2S/c1-3-17-4-6-19(7-5-17)16-30-24-25-22-12-13-27(15-21(22)23(28)26-24)14-18-8-10-20(29-2)11-9-18/h3-11H,1,12-16H2,2H3,(H,25,26,28). The van der Waals surface area contributed by atoms with Crippen molar-refractivity contribution in [3.63, 3.8) is 0 Å². The minimum atomic E-state index is -0.0241. The number of hydrogen-bond donors (Lipinski definition) is 1. The number of nitrogens with zero attached hydrogens (tertiary/aromatic N) is 2. The topological polar surface area (TPSA) is 58.2 Å². The summed E-state index contributed by atoms with van der Waals surface area (Å²) >= 11 is 1.56. The van der Waals surface area contributed by atoms with Crippen molar-refractivity contribution in [1.29, 1.82) is 0 Å². The smallest absolute Gasteiger partial charge is 0.256 e. The molecule has 0 bridgehead atoms. The molecule has 1 aliphatic heterocycles. The molecular weight excluding hydrogens is 394 g/mol. The first-order chi connectivity index (χ1) is 14.6. The van der Waals surface area contributed by atoms with E-state index in [0.29, 0.717) is 11.7 Å². The molecule has 0 fully saturated rings. The molecule has 2 heterocycles. The molecule has 0 saturated heterocycles. The summed E-state index contributed by atoms with van der Waals surface area (Å²) in [4.78, 5) is 22.7. The van der Waals surface area contributed by atoms with Gasteiger partial charge in [0, 0.05) is 31.8 Å². The van der Waals surface area contributed by atoms with E-state index in [1.807, 2.05) is 30.3 Å². The van der Waals surface area contributed by atoms with Crippen LogP contribution >= 0.6 is 11.8 Å². The minimum absolute atomic E-state index is 0.0241. The van der Waals surface area contributed by atoms with Gasteiger partial charge in [-0.1, -0.05) is 60.8 Å². The first-order valence-corrected chi connectivity index (χ1v) is 10.9. The fourth-order valence-electron chi connectivity index (χ4n) is 3.55. The number of ether oxygens (including phenoxy) is 1. The van der Waals surface area contributed by atoms with Crippen LogP contribution in [-0.2, 0) is 25.3 Å². The lowest BCUT2D eigenvalue weighted by Gasteiger charge is -2.27. The van der Waals surface area contributed by atoms with E-state index in [1.54, 1.807) is 18.9 Å². The first-order valence-electron chi connectivity index (χ1n) is 9.96. The molecule has 6 heteroatoms. The number of aromatic amines is 1. The second-order valence-corrected chi connectivity index (χ2v) is 8.30. The van der Waals surface area contributed by atoms with Crippen LogP contribution < -0.4 is 10.3 Å². The minimum Gasteiger partial charge on any atom is -0.497 e. The number of fused-ring (bicyclic) bond motifs is 1. The van der Waals surface area contributed by atoms with Crippen molar-refractivity contribution in [1.82, 2.24) is 14.9 Å². The average molecular weight is 420 g/mol. The normalized spacial score (nSPS) is 13.6. The van der Waals surface area contributed by atoms with Crippen LogP contribution in [0.5, 0.6) is 5.75 Å². The Morgan fingerprint density at radius 2 is 1.90 bits per heavy atom. The van der Waals surface area contributed by atoms with Gasteiger partial charge in [-0.25, -0.2) is 4.98 Å². The van der Waals surface area contributed by atoms with Gasteiger partial charge in [-0.2, -0.15) is 0 Å². The number of benzene rings is 2. The molecule has 0 spiro atoms. The molecule has 154 valence electrons. The van der Waals surface area contributed by atoms with Gasteiger partial charge < -0.3 is 9.72 Å². The summed E-state index contributed by atoms with van der Waals surface area (Å²) in [6, 6.07) is 16.3. The predicted molar refractivity (Wildman–Crippen MR) is 122 cm³/mol. The predicted octanol–water partition coefficient (Wildman–Crippen LogP) is 4.27. The lowest BCUT2D eigenvalue weighted by Crippen LogP contribution is -2.35. The van der Waals surface area contributed by atoms with E-state index in [0.717, 1.165) is 47.8 Å². The Hall–Kier alpha value is -2.83. The maximum atomic E-state index is 12.7. The van der Waals surface area contributed by atoms with E-state index < -0.39 is 0 Å². The van der Waals surface area contributed by atoms with Crippen LogP contribution in [0.1, 0.15) is 27.9 Å². The van der Waals surface area contributed by atoms with Crippen molar-refractivity contribution in [3.05, 3.63) is 93.4 Å². The van der Waals surface area contributed by atoms with Gasteiger partial charge in [-0.3, -0.25) is 9.69 Å².